The van der Waals surface area contributed by atoms with Crippen molar-refractivity contribution in [3.8, 4) is 0 Å². The number of para-hydroxylation sites is 4. The predicted octanol–water partition coefficient (Wildman–Crippen LogP) is 5.26. The average molecular weight is 1810 g/mol. The largest absolute Gasteiger partial charge is 1.00 e. The number of pyridine rings is 2. The van der Waals surface area contributed by atoms with E-state index in [1.807, 2.05) is 43.6 Å². The lowest BCUT2D eigenvalue weighted by atomic mass is 9.82. The fourth-order valence-corrected chi connectivity index (χ4v) is 13.7. The number of aliphatic imine (C=N–C) groups is 1. The van der Waals surface area contributed by atoms with Crippen LogP contribution in [-0.2, 0) is 81.0 Å². The highest BCUT2D eigenvalue weighted by Crippen LogP contribution is 2.43. The molecule has 9 heterocycles. The number of carboxylic acid groups (broad SMARTS) is 2. The number of amides is 7. The van der Waals surface area contributed by atoms with Gasteiger partial charge < -0.3 is 71.3 Å². The van der Waals surface area contributed by atoms with Gasteiger partial charge in [-0.15, -0.1) is 5.06 Å². The van der Waals surface area contributed by atoms with Gasteiger partial charge in [0.05, 0.1) is 21.9 Å². The Morgan fingerprint density at radius 2 is 0.744 bits per heavy atom. The first-order valence-electron chi connectivity index (χ1n) is 39.3. The molecule has 0 aliphatic carbocycles. The summed E-state index contributed by atoms with van der Waals surface area (Å²) >= 11 is 0. The number of aliphatic carboxylic acids is 2. The first-order chi connectivity index (χ1) is 53.9. The number of fused-ring (bicyclic) bond motifs is 4. The second-order valence-corrected chi connectivity index (χ2v) is 31.1. The van der Waals surface area contributed by atoms with Gasteiger partial charge in [0.2, 0.25) is 23.0 Å². The van der Waals surface area contributed by atoms with Crippen molar-refractivity contribution in [3.63, 3.8) is 0 Å². The normalized spacial score (nSPS) is 16.0. The van der Waals surface area contributed by atoms with E-state index < -0.39 is 53.4 Å². The summed E-state index contributed by atoms with van der Waals surface area (Å²) < 4.78 is 9.15. The third-order valence-corrected chi connectivity index (χ3v) is 21.9. The number of nitrogens with one attached hydrogen (secondary N) is 1. The van der Waals surface area contributed by atoms with Crippen molar-refractivity contribution in [3.05, 3.63) is 179 Å². The van der Waals surface area contributed by atoms with E-state index in [1.165, 1.54) is 73.3 Å². The van der Waals surface area contributed by atoms with Gasteiger partial charge in [-0.3, -0.25) is 63.5 Å². The molecular formula is C89H118Br3N10O15+. The number of benzene rings is 4. The van der Waals surface area contributed by atoms with Crippen molar-refractivity contribution in [2.45, 2.75) is 241 Å². The van der Waals surface area contributed by atoms with Gasteiger partial charge in [0.1, 0.15) is 26.2 Å². The highest BCUT2D eigenvalue weighted by atomic mass is 79.9. The van der Waals surface area contributed by atoms with Crippen LogP contribution in [0.4, 0.5) is 22.7 Å². The van der Waals surface area contributed by atoms with Crippen LogP contribution in [0.15, 0.2) is 151 Å². The van der Waals surface area contributed by atoms with Crippen LogP contribution < -0.4 is 60.8 Å². The van der Waals surface area contributed by atoms with Crippen LogP contribution >= 0.6 is 0 Å². The van der Waals surface area contributed by atoms with Crippen LogP contribution in [-0.4, -0.2) is 163 Å². The number of aryl methyl sites for hydroxylation is 3. The molecule has 5 N–H and O–H groups in total. The SMILES string of the molecule is CC1=Nc2ccccc2C1(C)C.CC1=[N+](CCCCC(=O)O)c2ccccc2C1(C)C.CC1=[N+](CCCCC(=O)ON2C(=O)CCC2=O)c2ccccc2C1(C)C.CNC(=O)CCCC[N+]1=C(C)C(C)(C)c2ccccc21.Cc1cc[n+](CCCCC(=O)O)cc1.Cc1ccncc1.O=C1CCC(=O)N1O.O=C1CCC(=O)N1O.[Br-].[Br-].[Br-]. The summed E-state index contributed by atoms with van der Waals surface area (Å²) in [5.41, 5.74) is 18.5. The Bertz CT molecular complexity index is 4490. The van der Waals surface area contributed by atoms with E-state index in [2.05, 4.69) is 221 Å². The van der Waals surface area contributed by atoms with Crippen molar-refractivity contribution in [1.82, 2.24) is 25.5 Å². The number of hydrogen-bond acceptors (Lipinski definition) is 15. The number of rotatable bonds is 21. The lowest BCUT2D eigenvalue weighted by Gasteiger charge is -2.19. The lowest BCUT2D eigenvalue weighted by Crippen LogP contribution is -3.00. The second-order valence-electron chi connectivity index (χ2n) is 31.1. The Labute approximate surface area is 720 Å². The van der Waals surface area contributed by atoms with Crippen LogP contribution in [0.2, 0.25) is 0 Å². The molecule has 7 amide bonds. The molecule has 13 rings (SSSR count). The first-order valence-corrected chi connectivity index (χ1v) is 39.3. The summed E-state index contributed by atoms with van der Waals surface area (Å²) in [4.78, 5) is 121. The molecule has 0 saturated carbocycles. The van der Waals surface area contributed by atoms with Crippen molar-refractivity contribution in [1.29, 1.82) is 0 Å². The van der Waals surface area contributed by atoms with Crippen molar-refractivity contribution >= 4 is 105 Å². The fourth-order valence-electron chi connectivity index (χ4n) is 13.7. The van der Waals surface area contributed by atoms with Crippen molar-refractivity contribution in [2.75, 3.05) is 26.7 Å². The molecule has 2 aromatic heterocycles. The maximum atomic E-state index is 11.9. The van der Waals surface area contributed by atoms with Gasteiger partial charge in [-0.25, -0.2) is 9.36 Å². The summed E-state index contributed by atoms with van der Waals surface area (Å²) in [5.74, 6) is -4.71. The van der Waals surface area contributed by atoms with E-state index in [1.54, 1.807) is 19.4 Å². The van der Waals surface area contributed by atoms with E-state index in [9.17, 15) is 47.9 Å². The van der Waals surface area contributed by atoms with E-state index in [-0.39, 0.29) is 146 Å². The molecule has 3 saturated heterocycles. The predicted molar refractivity (Wildman–Crippen MR) is 435 cm³/mol. The smallest absolute Gasteiger partial charge is 0.333 e. The molecule has 3 fully saturated rings. The third kappa shape index (κ3) is 28.7. The number of carboxylic acids is 2. The maximum absolute atomic E-state index is 11.9. The molecule has 0 bridgehead atoms. The molecule has 117 heavy (non-hydrogen) atoms. The van der Waals surface area contributed by atoms with Gasteiger partial charge in [-0.2, -0.15) is 23.9 Å². The number of carbonyl (C=O) groups is 10. The fraction of sp³-hybridized carbons (Fsp3) is 0.461. The van der Waals surface area contributed by atoms with E-state index in [0.717, 1.165) is 76.8 Å². The van der Waals surface area contributed by atoms with E-state index in [4.69, 9.17) is 25.5 Å². The van der Waals surface area contributed by atoms with Gasteiger partial charge in [0, 0.05) is 188 Å². The molecule has 0 spiro atoms. The minimum atomic E-state index is -0.709. The van der Waals surface area contributed by atoms with Crippen molar-refractivity contribution < 1.29 is 143 Å². The number of carbonyl (C=O) groups excluding carboxylic acids is 8. The van der Waals surface area contributed by atoms with Crippen LogP contribution in [0, 0.1) is 13.8 Å². The molecule has 7 aliphatic heterocycles. The monoisotopic (exact) mass is 1800 g/mol. The Balaban J connectivity index is 0.000000357. The number of nitrogens with zero attached hydrogens (tertiary/aromatic N) is 9. The Kier molecular flexibility index (Phi) is 41.6. The zero-order valence-electron chi connectivity index (χ0n) is 70.4. The zero-order chi connectivity index (χ0) is 84.3. The summed E-state index contributed by atoms with van der Waals surface area (Å²) in [7, 11) is 1.69. The van der Waals surface area contributed by atoms with Gasteiger partial charge in [0.25, 0.3) is 35.4 Å². The topological polar surface area (TPSA) is 321 Å². The molecular weight excluding hydrogens is 1690 g/mol. The maximum Gasteiger partial charge on any atom is 0.333 e. The molecule has 6 aromatic rings. The molecule has 0 unspecified atom stereocenters. The average Bonchev–Trinajstić information content (AvgIpc) is 1.62. The Morgan fingerprint density at radius 3 is 1.08 bits per heavy atom. The van der Waals surface area contributed by atoms with Crippen LogP contribution in [0.5, 0.6) is 0 Å². The molecule has 634 valence electrons. The summed E-state index contributed by atoms with van der Waals surface area (Å²) in [5, 5.41) is 37.5. The van der Waals surface area contributed by atoms with Crippen LogP contribution in [0.1, 0.15) is 232 Å². The third-order valence-electron chi connectivity index (χ3n) is 21.9. The summed E-state index contributed by atoms with van der Waals surface area (Å²) in [6.07, 6.45) is 16.5. The zero-order valence-corrected chi connectivity index (χ0v) is 75.1. The number of hydroxylamine groups is 6. The Morgan fingerprint density at radius 1 is 0.419 bits per heavy atom. The molecule has 25 nitrogen and oxygen atoms in total. The van der Waals surface area contributed by atoms with E-state index >= 15 is 0 Å². The van der Waals surface area contributed by atoms with Gasteiger partial charge in [-0.05, 0) is 123 Å². The summed E-state index contributed by atoms with van der Waals surface area (Å²) in [6.45, 7) is 34.3. The Hall–Kier alpha value is -9.48. The van der Waals surface area contributed by atoms with Gasteiger partial charge in [0.15, 0.2) is 29.5 Å². The second kappa shape index (κ2) is 47.8. The number of halogens is 3. The minimum absolute atomic E-state index is 0. The highest BCUT2D eigenvalue weighted by Gasteiger charge is 2.45. The van der Waals surface area contributed by atoms with Gasteiger partial charge in [-0.1, -0.05) is 86.6 Å². The quantitative estimate of drug-likeness (QED) is 0.0266. The van der Waals surface area contributed by atoms with Crippen LogP contribution in [0.25, 0.3) is 0 Å². The van der Waals surface area contributed by atoms with Gasteiger partial charge >= 0.3 is 17.9 Å². The molecule has 0 atom stereocenters. The molecule has 4 aromatic carbocycles. The molecule has 28 heteroatoms. The lowest BCUT2D eigenvalue weighted by molar-refractivity contribution is -0.697. The number of aromatic nitrogens is 2. The molecule has 7 aliphatic rings. The first kappa shape index (κ1) is 102. The van der Waals surface area contributed by atoms with Crippen LogP contribution in [0.3, 0.4) is 0 Å². The van der Waals surface area contributed by atoms with Crippen molar-refractivity contribution in [2.24, 2.45) is 4.99 Å². The minimum Gasteiger partial charge on any atom is -1.00 e. The number of hydrogen-bond donors (Lipinski definition) is 5. The highest BCUT2D eigenvalue weighted by molar-refractivity contribution is 6.03. The standard InChI is InChI=1S/C20H25N2O4.C17H24N2O.C16H21NO2.C11H15NO2.C11H13N.C6H7N.2C4H5NO3.3BrH/c1-14-20(2,3)15-8-4-5-9-16(15)21(14)13-7-6-10-19(25)26-22-17(23)11-12-18(22)24;1-13-17(2,3)14-9-5-6-10-15(14)19(13)12-8-7-11-16(20)18-4;1-12-16(2,3)13-8-4-5-9-14(13)17(12)11-7-6-10-15(18)19;1-10-5-8-12(9-6-10)7-3-2-4-11(13)14;1-8-11(2,3)9-6-4-5-7-10(9)12-8;1-6-2-4-7-5-3-6;2*6-3-1-2-4(7)5(3)8;;;/h4-5,8-9H,6-7,10-13H2,1-3H3;5-6,9-10H,7-8,11-12H2,1-4H3;4-5,8-9H,6-7,10-11H2,1-3H3;5-6,8-9H,2-4,7H2,1H3;4-7H,1-3H3;2-5H,1H3;2*8H,1-2H2;3*1H/q+1;;;;;;;;;;. The number of unbranched alkanes of at least 4 members (excludes halogenated alkanes) is 4. The number of imide groups is 3. The summed E-state index contributed by atoms with van der Waals surface area (Å²) in [6, 6.07) is 42.0. The molecule has 0 radical (unpaired) electrons. The van der Waals surface area contributed by atoms with E-state index in [0.29, 0.717) is 17.9 Å².